The van der Waals surface area contributed by atoms with Crippen molar-refractivity contribution in [1.29, 1.82) is 0 Å². The number of hydrogen-bond acceptors (Lipinski definition) is 6. The van der Waals surface area contributed by atoms with Crippen LogP contribution < -0.4 is 15.8 Å². The molecule has 2 aromatic heterocycles. The summed E-state index contributed by atoms with van der Waals surface area (Å²) in [7, 11) is 0. The van der Waals surface area contributed by atoms with E-state index < -0.39 is 0 Å². The first-order chi connectivity index (χ1) is 13.3. The average molecular weight is 379 g/mol. The van der Waals surface area contributed by atoms with E-state index in [1.165, 1.54) is 10.4 Å². The van der Waals surface area contributed by atoms with Crippen molar-refractivity contribution in [3.63, 3.8) is 0 Å². The fourth-order valence-corrected chi connectivity index (χ4v) is 3.85. The average Bonchev–Trinajstić information content (AvgIpc) is 3.38. The first-order valence-corrected chi connectivity index (χ1v) is 9.94. The number of nitrogens with zero attached hydrogens (tertiary/aromatic N) is 2. The van der Waals surface area contributed by atoms with E-state index in [1.807, 2.05) is 24.3 Å². The number of ether oxygens (including phenoxy) is 1. The van der Waals surface area contributed by atoms with Crippen LogP contribution in [-0.4, -0.2) is 30.0 Å². The Morgan fingerprint density at radius 3 is 2.67 bits per heavy atom. The van der Waals surface area contributed by atoms with Crippen molar-refractivity contribution in [3.05, 3.63) is 76.1 Å². The third-order valence-corrected chi connectivity index (χ3v) is 5.27. The highest BCUT2D eigenvalue weighted by atomic mass is 32.1. The maximum absolute atomic E-state index is 6.28. The highest BCUT2D eigenvalue weighted by Crippen LogP contribution is 2.21. The largest absolute Gasteiger partial charge is 0.439 e. The standard InChI is InChI=1S/C21H22N4OS/c22-17(13-19-2-1-11-27-19)12-15-3-6-18(7-4-15)26-20-8-5-16(14-25-20)21-23-9-10-24-21/h1-8,11,14,17H,9-10,12-13,22H2,(H,23,24). The molecule has 0 spiro atoms. The van der Waals surface area contributed by atoms with E-state index in [0.717, 1.165) is 43.1 Å². The molecule has 0 bridgehead atoms. The van der Waals surface area contributed by atoms with Crippen LogP contribution in [-0.2, 0) is 12.8 Å². The molecule has 3 aromatic rings. The molecule has 0 radical (unpaired) electrons. The van der Waals surface area contributed by atoms with Crippen molar-refractivity contribution in [2.75, 3.05) is 13.1 Å². The molecule has 0 aliphatic carbocycles. The number of aromatic nitrogens is 1. The van der Waals surface area contributed by atoms with E-state index in [9.17, 15) is 0 Å². The summed E-state index contributed by atoms with van der Waals surface area (Å²) < 4.78 is 5.84. The van der Waals surface area contributed by atoms with Crippen LogP contribution in [0.15, 0.2) is 65.1 Å². The number of nitrogens with two attached hydrogens (primary N) is 1. The van der Waals surface area contributed by atoms with Gasteiger partial charge in [0, 0.05) is 35.3 Å². The quantitative estimate of drug-likeness (QED) is 0.661. The number of pyridine rings is 1. The van der Waals surface area contributed by atoms with Crippen molar-refractivity contribution in [2.45, 2.75) is 18.9 Å². The lowest BCUT2D eigenvalue weighted by molar-refractivity contribution is 0.462. The molecule has 6 heteroatoms. The molecule has 138 valence electrons. The van der Waals surface area contributed by atoms with Crippen LogP contribution in [0.1, 0.15) is 16.0 Å². The first kappa shape index (κ1) is 17.7. The summed E-state index contributed by atoms with van der Waals surface area (Å²) in [5.74, 6) is 2.24. The molecule has 3 heterocycles. The smallest absolute Gasteiger partial charge is 0.219 e. The third kappa shape index (κ3) is 4.72. The lowest BCUT2D eigenvalue weighted by Gasteiger charge is -2.11. The van der Waals surface area contributed by atoms with Gasteiger partial charge < -0.3 is 15.8 Å². The minimum Gasteiger partial charge on any atom is -0.439 e. The molecule has 1 atom stereocenters. The number of hydrogen-bond donors (Lipinski definition) is 2. The second kappa shape index (κ2) is 8.33. The molecule has 1 aliphatic heterocycles. The topological polar surface area (TPSA) is 72.5 Å². The molecule has 5 nitrogen and oxygen atoms in total. The predicted molar refractivity (Wildman–Crippen MR) is 110 cm³/mol. The van der Waals surface area contributed by atoms with Crippen molar-refractivity contribution in [1.82, 2.24) is 10.3 Å². The van der Waals surface area contributed by atoms with E-state index in [0.29, 0.717) is 5.88 Å². The summed E-state index contributed by atoms with van der Waals surface area (Å²) in [6.45, 7) is 1.70. The van der Waals surface area contributed by atoms with Crippen LogP contribution in [0.2, 0.25) is 0 Å². The van der Waals surface area contributed by atoms with Crippen LogP contribution in [0.3, 0.4) is 0 Å². The molecule has 0 fully saturated rings. The van der Waals surface area contributed by atoms with E-state index in [2.05, 4.69) is 44.9 Å². The number of nitrogens with one attached hydrogen (secondary N) is 1. The maximum atomic E-state index is 6.28. The molecule has 0 amide bonds. The maximum Gasteiger partial charge on any atom is 0.219 e. The van der Waals surface area contributed by atoms with Crippen molar-refractivity contribution in [3.8, 4) is 11.6 Å². The van der Waals surface area contributed by atoms with Gasteiger partial charge in [0.15, 0.2) is 0 Å². The third-order valence-electron chi connectivity index (χ3n) is 4.37. The minimum absolute atomic E-state index is 0.122. The Hall–Kier alpha value is -2.70. The van der Waals surface area contributed by atoms with Gasteiger partial charge in [0.1, 0.15) is 11.6 Å². The van der Waals surface area contributed by atoms with Gasteiger partial charge >= 0.3 is 0 Å². The van der Waals surface area contributed by atoms with Gasteiger partial charge in [-0.25, -0.2) is 4.98 Å². The lowest BCUT2D eigenvalue weighted by Crippen LogP contribution is -2.25. The van der Waals surface area contributed by atoms with E-state index in [4.69, 9.17) is 10.5 Å². The van der Waals surface area contributed by atoms with Crippen LogP contribution in [0.25, 0.3) is 0 Å². The van der Waals surface area contributed by atoms with Crippen molar-refractivity contribution in [2.24, 2.45) is 10.7 Å². The van der Waals surface area contributed by atoms with Crippen LogP contribution in [0.5, 0.6) is 11.6 Å². The monoisotopic (exact) mass is 378 g/mol. The van der Waals surface area contributed by atoms with Crippen LogP contribution in [0.4, 0.5) is 0 Å². The fourth-order valence-electron chi connectivity index (χ4n) is 3.05. The zero-order valence-electron chi connectivity index (χ0n) is 15.0. The van der Waals surface area contributed by atoms with Gasteiger partial charge in [-0.15, -0.1) is 11.3 Å². The Kier molecular flexibility index (Phi) is 5.46. The summed E-state index contributed by atoms with van der Waals surface area (Å²) in [5, 5.41) is 5.33. The van der Waals surface area contributed by atoms with E-state index >= 15 is 0 Å². The summed E-state index contributed by atoms with van der Waals surface area (Å²) in [4.78, 5) is 10.1. The fraction of sp³-hybridized carbons (Fsp3) is 0.238. The molecular weight excluding hydrogens is 356 g/mol. The van der Waals surface area contributed by atoms with Gasteiger partial charge in [0.25, 0.3) is 0 Å². The molecule has 1 aliphatic rings. The lowest BCUT2D eigenvalue weighted by atomic mass is 10.0. The zero-order chi connectivity index (χ0) is 18.5. The number of amidine groups is 1. The Bertz CT molecular complexity index is 889. The Morgan fingerprint density at radius 1 is 1.11 bits per heavy atom. The highest BCUT2D eigenvalue weighted by Gasteiger charge is 2.09. The van der Waals surface area contributed by atoms with E-state index in [1.54, 1.807) is 17.5 Å². The van der Waals surface area contributed by atoms with Crippen molar-refractivity contribution < 1.29 is 4.74 Å². The van der Waals surface area contributed by atoms with E-state index in [-0.39, 0.29) is 6.04 Å². The molecule has 4 rings (SSSR count). The van der Waals surface area contributed by atoms with Gasteiger partial charge in [0.2, 0.25) is 5.88 Å². The molecule has 27 heavy (non-hydrogen) atoms. The predicted octanol–water partition coefficient (Wildman–Crippen LogP) is 3.40. The first-order valence-electron chi connectivity index (χ1n) is 9.06. The second-order valence-corrected chi connectivity index (χ2v) is 7.57. The van der Waals surface area contributed by atoms with Gasteiger partial charge in [-0.1, -0.05) is 18.2 Å². The summed E-state index contributed by atoms with van der Waals surface area (Å²) in [6.07, 6.45) is 3.54. The van der Waals surface area contributed by atoms with Gasteiger partial charge in [-0.05, 0) is 48.1 Å². The minimum atomic E-state index is 0.122. The Labute approximate surface area is 162 Å². The van der Waals surface area contributed by atoms with Gasteiger partial charge in [0.05, 0.1) is 6.54 Å². The molecule has 3 N–H and O–H groups in total. The Balaban J connectivity index is 1.33. The molecular formula is C21H22N4OS. The van der Waals surface area contributed by atoms with Crippen molar-refractivity contribution >= 4 is 17.2 Å². The SMILES string of the molecule is NC(Cc1ccc(Oc2ccc(C3=NCCN3)cn2)cc1)Cc1cccs1. The number of benzene rings is 1. The summed E-state index contributed by atoms with van der Waals surface area (Å²) in [5.41, 5.74) is 8.46. The van der Waals surface area contributed by atoms with Crippen LogP contribution >= 0.6 is 11.3 Å². The summed E-state index contributed by atoms with van der Waals surface area (Å²) >= 11 is 1.76. The normalized spacial score (nSPS) is 14.5. The number of aliphatic imine (C=N–C) groups is 1. The molecule has 1 aromatic carbocycles. The summed E-state index contributed by atoms with van der Waals surface area (Å²) in [6, 6.07) is 16.2. The van der Waals surface area contributed by atoms with Gasteiger partial charge in [-0.3, -0.25) is 4.99 Å². The molecule has 0 saturated carbocycles. The molecule has 0 saturated heterocycles. The molecule has 1 unspecified atom stereocenters. The zero-order valence-corrected chi connectivity index (χ0v) is 15.8. The number of rotatable bonds is 7. The number of thiophene rings is 1. The second-order valence-electron chi connectivity index (χ2n) is 6.54. The van der Waals surface area contributed by atoms with Crippen LogP contribution in [0, 0.1) is 0 Å². The van der Waals surface area contributed by atoms with Gasteiger partial charge in [-0.2, -0.15) is 0 Å². The Morgan fingerprint density at radius 2 is 2.00 bits per heavy atom. The highest BCUT2D eigenvalue weighted by molar-refractivity contribution is 7.09.